The number of nitrogens with one attached hydrogen (secondary N) is 2. The number of hydrogen-bond donors (Lipinski definition) is 2. The summed E-state index contributed by atoms with van der Waals surface area (Å²) in [6.07, 6.45) is 5.42. The van der Waals surface area contributed by atoms with Gasteiger partial charge in [0.15, 0.2) is 0 Å². The number of carbonyl (C=O) groups is 5. The first kappa shape index (κ1) is 35.3. The highest BCUT2D eigenvalue weighted by Crippen LogP contribution is 2.37. The topological polar surface area (TPSA) is 178 Å². The van der Waals surface area contributed by atoms with Crippen molar-refractivity contribution in [2.45, 2.75) is 51.1 Å². The van der Waals surface area contributed by atoms with E-state index in [1.807, 2.05) is 12.1 Å². The van der Waals surface area contributed by atoms with E-state index in [0.29, 0.717) is 43.0 Å². The van der Waals surface area contributed by atoms with Crippen LogP contribution in [0.1, 0.15) is 48.8 Å². The second-order valence-corrected chi connectivity index (χ2v) is 12.1. The van der Waals surface area contributed by atoms with Gasteiger partial charge in [0.25, 0.3) is 5.56 Å². The molecule has 2 N–H and O–H groups in total. The number of piperazine rings is 1. The van der Waals surface area contributed by atoms with E-state index >= 15 is 0 Å². The van der Waals surface area contributed by atoms with E-state index < -0.39 is 11.9 Å². The summed E-state index contributed by atoms with van der Waals surface area (Å²) in [4.78, 5) is 80.9. The fourth-order valence-electron chi connectivity index (χ4n) is 6.36. The van der Waals surface area contributed by atoms with Crippen LogP contribution in [-0.4, -0.2) is 110 Å². The minimum Gasteiger partial charge on any atom is -0.496 e. The van der Waals surface area contributed by atoms with Gasteiger partial charge in [-0.25, -0.2) is 0 Å². The van der Waals surface area contributed by atoms with Crippen molar-refractivity contribution in [3.05, 3.63) is 45.4 Å². The van der Waals surface area contributed by atoms with Crippen molar-refractivity contribution >= 4 is 35.8 Å². The molecule has 1 aromatic heterocycles. The summed E-state index contributed by atoms with van der Waals surface area (Å²) in [6, 6.07) is 3.13. The number of imide groups is 1. The molecule has 0 bridgehead atoms. The summed E-state index contributed by atoms with van der Waals surface area (Å²) >= 11 is 0. The summed E-state index contributed by atoms with van der Waals surface area (Å²) in [5.74, 6) is -0.276. The average molecular weight is 679 g/mol. The number of rotatable bonds is 14. The Balaban J connectivity index is 1.02. The van der Waals surface area contributed by atoms with Crippen LogP contribution in [0.2, 0.25) is 0 Å². The van der Waals surface area contributed by atoms with Gasteiger partial charge >= 0.3 is 0 Å². The van der Waals surface area contributed by atoms with Crippen molar-refractivity contribution in [2.24, 2.45) is 12.0 Å². The molecule has 15 heteroatoms. The Morgan fingerprint density at radius 1 is 1.04 bits per heavy atom. The number of aliphatic imine (C=N–C) groups is 1. The van der Waals surface area contributed by atoms with Crippen LogP contribution < -0.4 is 25.7 Å². The van der Waals surface area contributed by atoms with E-state index in [9.17, 15) is 28.8 Å². The molecule has 262 valence electrons. The number of nitrogens with zero attached hydrogens (tertiary/aromatic N) is 4. The molecular formula is C34H42N6O9. The van der Waals surface area contributed by atoms with E-state index in [-0.39, 0.29) is 87.7 Å². The number of fused-ring (bicyclic) bond motifs is 1. The van der Waals surface area contributed by atoms with Crippen LogP contribution in [0, 0.1) is 0 Å². The number of pyridine rings is 1. The zero-order chi connectivity index (χ0) is 35.1. The van der Waals surface area contributed by atoms with Gasteiger partial charge in [0.05, 0.1) is 46.9 Å². The first-order valence-corrected chi connectivity index (χ1v) is 16.3. The Hall–Kier alpha value is -5.05. The molecule has 1 aromatic carbocycles. The van der Waals surface area contributed by atoms with Crippen molar-refractivity contribution in [1.82, 2.24) is 25.0 Å². The standard InChI is InChI=1S/C34H42N6O9/c1-38-19-25(23-17-35-18-24(23)34(38)46)21-15-27(47-2)22(28(16-21)48-3)5-4-6-29(41)36-10-14-49-13-9-31(43)39-11-12-40(32(44)20-39)26-7-8-30(42)37-33(26)45/h15-17,19,26H,4-14,18,20H2,1-3H3,(H,36,41)(H,37,42,45). The maximum atomic E-state index is 12.6. The van der Waals surface area contributed by atoms with Gasteiger partial charge in [-0.2, -0.15) is 0 Å². The molecule has 0 radical (unpaired) electrons. The van der Waals surface area contributed by atoms with Gasteiger partial charge in [-0.3, -0.25) is 39.1 Å². The largest absolute Gasteiger partial charge is 0.496 e. The molecular weight excluding hydrogens is 636 g/mol. The highest BCUT2D eigenvalue weighted by molar-refractivity contribution is 6.02. The van der Waals surface area contributed by atoms with Crippen LogP contribution in [0.25, 0.3) is 11.1 Å². The monoisotopic (exact) mass is 678 g/mol. The molecule has 2 saturated heterocycles. The number of hydrogen-bond acceptors (Lipinski definition) is 10. The number of piperidine rings is 1. The third kappa shape index (κ3) is 8.16. The maximum absolute atomic E-state index is 12.6. The van der Waals surface area contributed by atoms with Crippen molar-refractivity contribution < 1.29 is 38.2 Å². The number of methoxy groups -OCH3 is 2. The molecule has 2 aromatic rings. The number of amides is 5. The molecule has 5 rings (SSSR count). The van der Waals surface area contributed by atoms with Crippen LogP contribution >= 0.6 is 0 Å². The predicted octanol–water partition coefficient (Wildman–Crippen LogP) is 0.324. The normalized spacial score (nSPS) is 17.2. The lowest BCUT2D eigenvalue weighted by molar-refractivity contribution is -0.152. The van der Waals surface area contributed by atoms with Gasteiger partial charge in [0.2, 0.25) is 29.5 Å². The van der Waals surface area contributed by atoms with Crippen LogP contribution in [-0.2, 0) is 48.7 Å². The summed E-state index contributed by atoms with van der Waals surface area (Å²) in [7, 11) is 4.88. The molecule has 5 amide bonds. The Bertz CT molecular complexity index is 1690. The Morgan fingerprint density at radius 3 is 2.49 bits per heavy atom. The van der Waals surface area contributed by atoms with Crippen LogP contribution in [0.5, 0.6) is 11.5 Å². The second-order valence-electron chi connectivity index (χ2n) is 12.1. The third-order valence-electron chi connectivity index (χ3n) is 8.96. The predicted molar refractivity (Wildman–Crippen MR) is 177 cm³/mol. The van der Waals surface area contributed by atoms with Gasteiger partial charge < -0.3 is 33.9 Å². The number of aryl methyl sites for hydroxylation is 1. The minimum absolute atomic E-state index is 0.0682. The fraction of sp³-hybridized carbons (Fsp3) is 0.500. The highest BCUT2D eigenvalue weighted by atomic mass is 16.5. The van der Waals surface area contributed by atoms with E-state index in [0.717, 1.165) is 22.3 Å². The van der Waals surface area contributed by atoms with Crippen molar-refractivity contribution in [3.8, 4) is 22.6 Å². The molecule has 0 aliphatic carbocycles. The van der Waals surface area contributed by atoms with Gasteiger partial charge in [-0.15, -0.1) is 0 Å². The molecule has 0 saturated carbocycles. The van der Waals surface area contributed by atoms with Gasteiger partial charge in [-0.05, 0) is 37.0 Å². The lowest BCUT2D eigenvalue weighted by Crippen LogP contribution is -2.60. The second kappa shape index (κ2) is 15.9. The van der Waals surface area contributed by atoms with Gasteiger partial charge in [-0.1, -0.05) is 0 Å². The Kier molecular flexibility index (Phi) is 11.4. The van der Waals surface area contributed by atoms with Gasteiger partial charge in [0.1, 0.15) is 17.5 Å². The number of benzene rings is 1. The van der Waals surface area contributed by atoms with Crippen molar-refractivity contribution in [1.29, 1.82) is 0 Å². The molecule has 0 spiro atoms. The first-order valence-electron chi connectivity index (χ1n) is 16.3. The van der Waals surface area contributed by atoms with E-state index in [1.54, 1.807) is 38.2 Å². The lowest BCUT2D eigenvalue weighted by Gasteiger charge is -2.39. The molecule has 4 heterocycles. The molecule has 2 fully saturated rings. The Morgan fingerprint density at radius 2 is 1.80 bits per heavy atom. The fourth-order valence-corrected chi connectivity index (χ4v) is 6.36. The van der Waals surface area contributed by atoms with Crippen LogP contribution in [0.3, 0.4) is 0 Å². The molecule has 3 aliphatic heterocycles. The quantitative estimate of drug-likeness (QED) is 0.210. The average Bonchev–Trinajstić information content (AvgIpc) is 3.58. The van der Waals surface area contributed by atoms with E-state index in [4.69, 9.17) is 14.2 Å². The molecule has 15 nitrogen and oxygen atoms in total. The summed E-state index contributed by atoms with van der Waals surface area (Å²) < 4.78 is 18.5. The third-order valence-corrected chi connectivity index (χ3v) is 8.96. The van der Waals surface area contributed by atoms with Gasteiger partial charge in [0, 0.05) is 74.2 Å². The molecule has 1 atom stereocenters. The van der Waals surface area contributed by atoms with Crippen molar-refractivity contribution in [3.63, 3.8) is 0 Å². The molecule has 3 aliphatic rings. The SMILES string of the molecule is COc1cc(-c2cn(C)c(=O)c3c2C=NC3)cc(OC)c1CCCC(=O)NCCOCCC(=O)N1CCN(C2CCC(=O)NC2=O)C(=O)C1. The molecule has 49 heavy (non-hydrogen) atoms. The number of carbonyl (C=O) groups excluding carboxylic acids is 5. The van der Waals surface area contributed by atoms with E-state index in [1.165, 1.54) is 9.80 Å². The smallest absolute Gasteiger partial charge is 0.256 e. The lowest BCUT2D eigenvalue weighted by atomic mass is 9.96. The first-order chi connectivity index (χ1) is 23.6. The number of ether oxygens (including phenoxy) is 3. The van der Waals surface area contributed by atoms with Crippen LogP contribution in [0.4, 0.5) is 0 Å². The van der Waals surface area contributed by atoms with E-state index in [2.05, 4.69) is 15.6 Å². The summed E-state index contributed by atoms with van der Waals surface area (Å²) in [5.41, 5.74) is 3.91. The minimum atomic E-state index is -0.686. The zero-order valence-corrected chi connectivity index (χ0v) is 28.0. The Labute approximate surface area is 283 Å². The molecule has 1 unspecified atom stereocenters. The summed E-state index contributed by atoms with van der Waals surface area (Å²) in [5, 5.41) is 5.08. The van der Waals surface area contributed by atoms with Crippen molar-refractivity contribution in [2.75, 3.05) is 53.6 Å². The highest BCUT2D eigenvalue weighted by Gasteiger charge is 2.37. The zero-order valence-electron chi connectivity index (χ0n) is 28.0. The summed E-state index contributed by atoms with van der Waals surface area (Å²) in [6.45, 7) is 1.40. The van der Waals surface area contributed by atoms with Crippen LogP contribution in [0.15, 0.2) is 28.1 Å². The maximum Gasteiger partial charge on any atom is 0.256 e. The number of aromatic nitrogens is 1.